The maximum atomic E-state index is 13.4. The van der Waals surface area contributed by atoms with Crippen molar-refractivity contribution in [2.24, 2.45) is 0 Å². The number of nitrogens with one attached hydrogen (secondary N) is 1. The van der Waals surface area contributed by atoms with E-state index >= 15 is 0 Å². The summed E-state index contributed by atoms with van der Waals surface area (Å²) in [5.41, 5.74) is 3.58. The van der Waals surface area contributed by atoms with E-state index in [1.807, 2.05) is 57.2 Å². The molecular formula is C25H29N3O2S. The number of aromatic nitrogens is 2. The molecule has 4 rings (SSSR count). The molecule has 31 heavy (non-hydrogen) atoms. The van der Waals surface area contributed by atoms with Gasteiger partial charge in [-0.2, -0.15) is 0 Å². The van der Waals surface area contributed by atoms with E-state index in [0.717, 1.165) is 24.1 Å². The summed E-state index contributed by atoms with van der Waals surface area (Å²) >= 11 is 1.34. The molecule has 0 radical (unpaired) electrons. The van der Waals surface area contributed by atoms with Crippen LogP contribution in [0.5, 0.6) is 0 Å². The monoisotopic (exact) mass is 435 g/mol. The highest BCUT2D eigenvalue weighted by Crippen LogP contribution is 2.27. The lowest BCUT2D eigenvalue weighted by Crippen LogP contribution is -2.40. The first-order valence-corrected chi connectivity index (χ1v) is 11.9. The van der Waals surface area contributed by atoms with Crippen LogP contribution >= 0.6 is 11.8 Å². The first-order valence-electron chi connectivity index (χ1n) is 11.0. The number of carbonyl (C=O) groups is 1. The summed E-state index contributed by atoms with van der Waals surface area (Å²) in [7, 11) is 0. The molecule has 162 valence electrons. The lowest BCUT2D eigenvalue weighted by atomic mass is 9.95. The third kappa shape index (κ3) is 4.69. The van der Waals surface area contributed by atoms with Crippen LogP contribution in [-0.2, 0) is 4.79 Å². The molecule has 0 bridgehead atoms. The van der Waals surface area contributed by atoms with Gasteiger partial charge in [0, 0.05) is 6.04 Å². The van der Waals surface area contributed by atoms with Crippen molar-refractivity contribution in [2.45, 2.75) is 69.3 Å². The zero-order valence-electron chi connectivity index (χ0n) is 18.4. The standard InChI is InChI=1S/C25H29N3O2S/c1-16-13-14-20(15-17(16)2)28-24(30)21-11-7-8-12-22(21)27-25(28)31-18(3)23(29)26-19-9-5-4-6-10-19/h7-8,11-15,18-19H,4-6,9-10H2,1-3H3,(H,26,29). The van der Waals surface area contributed by atoms with Gasteiger partial charge >= 0.3 is 0 Å². The minimum atomic E-state index is -0.354. The number of para-hydroxylation sites is 1. The third-order valence-corrected chi connectivity index (χ3v) is 7.15. The molecule has 0 saturated heterocycles. The van der Waals surface area contributed by atoms with Gasteiger partial charge in [0.25, 0.3) is 5.56 Å². The summed E-state index contributed by atoms with van der Waals surface area (Å²) in [5.74, 6) is 0.00550. The van der Waals surface area contributed by atoms with Crippen LogP contribution in [0, 0.1) is 13.8 Å². The van der Waals surface area contributed by atoms with Crippen LogP contribution in [0.1, 0.15) is 50.2 Å². The minimum Gasteiger partial charge on any atom is -0.352 e. The number of benzene rings is 2. The summed E-state index contributed by atoms with van der Waals surface area (Å²) in [6.45, 7) is 5.97. The minimum absolute atomic E-state index is 0.00550. The highest BCUT2D eigenvalue weighted by atomic mass is 32.2. The van der Waals surface area contributed by atoms with Crippen molar-refractivity contribution in [1.29, 1.82) is 0 Å². The largest absolute Gasteiger partial charge is 0.352 e. The third-order valence-electron chi connectivity index (χ3n) is 6.10. The molecule has 1 aromatic heterocycles. The number of hydrogen-bond donors (Lipinski definition) is 1. The fourth-order valence-electron chi connectivity index (χ4n) is 4.06. The van der Waals surface area contributed by atoms with E-state index < -0.39 is 0 Å². The van der Waals surface area contributed by atoms with Crippen molar-refractivity contribution >= 4 is 28.6 Å². The van der Waals surface area contributed by atoms with Crippen molar-refractivity contribution in [1.82, 2.24) is 14.9 Å². The highest BCUT2D eigenvalue weighted by molar-refractivity contribution is 8.00. The van der Waals surface area contributed by atoms with E-state index in [0.29, 0.717) is 16.1 Å². The zero-order chi connectivity index (χ0) is 22.0. The average Bonchev–Trinajstić information content (AvgIpc) is 2.77. The SMILES string of the molecule is Cc1ccc(-n2c(SC(C)C(=O)NC3CCCCC3)nc3ccccc3c2=O)cc1C. The fraction of sp³-hybridized carbons (Fsp3) is 0.400. The normalized spacial score (nSPS) is 15.7. The van der Waals surface area contributed by atoms with Gasteiger partial charge in [0.15, 0.2) is 5.16 Å². The lowest BCUT2D eigenvalue weighted by Gasteiger charge is -2.24. The number of fused-ring (bicyclic) bond motifs is 1. The Hall–Kier alpha value is -2.60. The summed E-state index contributed by atoms with van der Waals surface area (Å²) in [6.07, 6.45) is 5.69. The number of nitrogens with zero attached hydrogens (tertiary/aromatic N) is 2. The van der Waals surface area contributed by atoms with Crippen LogP contribution in [0.3, 0.4) is 0 Å². The second-order valence-corrected chi connectivity index (χ2v) is 9.73. The van der Waals surface area contributed by atoms with E-state index in [2.05, 4.69) is 5.32 Å². The Bertz CT molecular complexity index is 1170. The molecule has 1 aliphatic carbocycles. The number of thioether (sulfide) groups is 1. The number of carbonyl (C=O) groups excluding carboxylic acids is 1. The van der Waals surface area contributed by atoms with Gasteiger partial charge in [-0.05, 0) is 69.0 Å². The van der Waals surface area contributed by atoms with Crippen LogP contribution in [0.25, 0.3) is 16.6 Å². The molecule has 1 atom stereocenters. The van der Waals surface area contributed by atoms with Gasteiger partial charge in [-0.3, -0.25) is 14.2 Å². The molecule has 5 nitrogen and oxygen atoms in total. The first-order chi connectivity index (χ1) is 14.9. The van der Waals surface area contributed by atoms with Crippen LogP contribution in [0.2, 0.25) is 0 Å². The number of aryl methyl sites for hydroxylation is 2. The van der Waals surface area contributed by atoms with Crippen LogP contribution in [0.4, 0.5) is 0 Å². The Kier molecular flexibility index (Phi) is 6.46. The maximum absolute atomic E-state index is 13.4. The molecule has 1 amide bonds. The Balaban J connectivity index is 1.71. The molecule has 3 aromatic rings. The highest BCUT2D eigenvalue weighted by Gasteiger charge is 2.23. The topological polar surface area (TPSA) is 64.0 Å². The van der Waals surface area contributed by atoms with E-state index in [-0.39, 0.29) is 22.8 Å². The Morgan fingerprint density at radius 2 is 1.84 bits per heavy atom. The van der Waals surface area contributed by atoms with Gasteiger partial charge in [-0.25, -0.2) is 4.98 Å². The Labute approximate surface area is 187 Å². The van der Waals surface area contributed by atoms with E-state index in [1.165, 1.54) is 36.6 Å². The number of amides is 1. The molecule has 1 fully saturated rings. The summed E-state index contributed by atoms with van der Waals surface area (Å²) < 4.78 is 1.64. The molecule has 1 saturated carbocycles. The summed E-state index contributed by atoms with van der Waals surface area (Å²) in [4.78, 5) is 31.1. The van der Waals surface area contributed by atoms with Crippen LogP contribution in [0.15, 0.2) is 52.4 Å². The second kappa shape index (κ2) is 9.27. The predicted molar refractivity (Wildman–Crippen MR) is 127 cm³/mol. The van der Waals surface area contributed by atoms with Crippen molar-refractivity contribution in [3.63, 3.8) is 0 Å². The van der Waals surface area contributed by atoms with E-state index in [4.69, 9.17) is 4.98 Å². The van der Waals surface area contributed by atoms with Crippen molar-refractivity contribution in [3.8, 4) is 5.69 Å². The van der Waals surface area contributed by atoms with Gasteiger partial charge in [0.1, 0.15) is 0 Å². The maximum Gasteiger partial charge on any atom is 0.266 e. The predicted octanol–water partition coefficient (Wildman–Crippen LogP) is 4.93. The average molecular weight is 436 g/mol. The Morgan fingerprint density at radius 1 is 1.10 bits per heavy atom. The molecule has 0 spiro atoms. The summed E-state index contributed by atoms with van der Waals surface area (Å²) in [5, 5.41) is 3.95. The van der Waals surface area contributed by atoms with E-state index in [1.54, 1.807) is 10.6 Å². The Morgan fingerprint density at radius 3 is 2.58 bits per heavy atom. The second-order valence-electron chi connectivity index (χ2n) is 8.42. The molecule has 2 aromatic carbocycles. The van der Waals surface area contributed by atoms with Gasteiger partial charge in [-0.1, -0.05) is 49.2 Å². The molecule has 1 heterocycles. The van der Waals surface area contributed by atoms with Crippen molar-refractivity contribution in [3.05, 3.63) is 63.9 Å². The molecular weight excluding hydrogens is 406 g/mol. The zero-order valence-corrected chi connectivity index (χ0v) is 19.2. The fourth-order valence-corrected chi connectivity index (χ4v) is 5.00. The van der Waals surface area contributed by atoms with Crippen molar-refractivity contribution < 1.29 is 4.79 Å². The first kappa shape index (κ1) is 21.6. The van der Waals surface area contributed by atoms with Crippen molar-refractivity contribution in [2.75, 3.05) is 0 Å². The quantitative estimate of drug-likeness (QED) is 0.456. The smallest absolute Gasteiger partial charge is 0.266 e. The lowest BCUT2D eigenvalue weighted by molar-refractivity contribution is -0.121. The molecule has 1 N–H and O–H groups in total. The molecule has 1 unspecified atom stereocenters. The van der Waals surface area contributed by atoms with Gasteiger partial charge in [0.2, 0.25) is 5.91 Å². The summed E-state index contributed by atoms with van der Waals surface area (Å²) in [6, 6.07) is 13.6. The van der Waals surface area contributed by atoms with Gasteiger partial charge in [-0.15, -0.1) is 0 Å². The number of rotatable bonds is 5. The van der Waals surface area contributed by atoms with Gasteiger partial charge < -0.3 is 5.32 Å². The number of hydrogen-bond acceptors (Lipinski definition) is 4. The van der Waals surface area contributed by atoms with E-state index in [9.17, 15) is 9.59 Å². The van der Waals surface area contributed by atoms with Crippen LogP contribution < -0.4 is 10.9 Å². The van der Waals surface area contributed by atoms with Crippen LogP contribution in [-0.4, -0.2) is 26.8 Å². The molecule has 1 aliphatic rings. The molecule has 6 heteroatoms. The molecule has 0 aliphatic heterocycles. The van der Waals surface area contributed by atoms with Gasteiger partial charge in [0.05, 0.1) is 21.8 Å².